The lowest BCUT2D eigenvalue weighted by Crippen LogP contribution is -2.47. The highest BCUT2D eigenvalue weighted by Crippen LogP contribution is 2.32. The van der Waals surface area contributed by atoms with E-state index in [4.69, 9.17) is 4.74 Å². The highest BCUT2D eigenvalue weighted by atomic mass is 79.9. The van der Waals surface area contributed by atoms with Gasteiger partial charge in [-0.2, -0.15) is 0 Å². The molecule has 2 atom stereocenters. The monoisotopic (exact) mass is 404 g/mol. The molecule has 2 unspecified atom stereocenters. The van der Waals surface area contributed by atoms with E-state index < -0.39 is 0 Å². The molecule has 1 fully saturated rings. The Morgan fingerprint density at radius 2 is 2.15 bits per heavy atom. The second-order valence-electron chi connectivity index (χ2n) is 5.21. The standard InChI is InChI=1S/C15H22Br2N2O/c1-3-6-18-10-14-15(19(2)7-8-20-14)11-4-5-12(16)13(17)9-11/h4-5,9,14-15,18H,3,6-8,10H2,1-2H3. The summed E-state index contributed by atoms with van der Waals surface area (Å²) in [4.78, 5) is 2.39. The molecule has 5 heteroatoms. The van der Waals surface area contributed by atoms with Crippen molar-refractivity contribution in [1.29, 1.82) is 0 Å². The Labute approximate surface area is 138 Å². The predicted octanol–water partition coefficient (Wildman–Crippen LogP) is 3.58. The average molecular weight is 406 g/mol. The minimum atomic E-state index is 0.202. The van der Waals surface area contributed by atoms with Crippen LogP contribution in [0, 0.1) is 0 Å². The number of rotatable bonds is 5. The van der Waals surface area contributed by atoms with Crippen LogP contribution in [-0.2, 0) is 4.74 Å². The summed E-state index contributed by atoms with van der Waals surface area (Å²) in [6, 6.07) is 6.76. The molecule has 0 radical (unpaired) electrons. The van der Waals surface area contributed by atoms with E-state index >= 15 is 0 Å². The van der Waals surface area contributed by atoms with Crippen LogP contribution in [0.3, 0.4) is 0 Å². The van der Waals surface area contributed by atoms with Crippen LogP contribution >= 0.6 is 31.9 Å². The molecule has 1 aliphatic rings. The van der Waals surface area contributed by atoms with Crippen LogP contribution in [0.15, 0.2) is 27.1 Å². The SMILES string of the molecule is CCCNCC1OCCN(C)C1c1ccc(Br)c(Br)c1. The highest BCUT2D eigenvalue weighted by Gasteiger charge is 2.31. The van der Waals surface area contributed by atoms with Crippen LogP contribution in [-0.4, -0.2) is 44.3 Å². The van der Waals surface area contributed by atoms with Crippen LogP contribution in [0.2, 0.25) is 0 Å². The van der Waals surface area contributed by atoms with E-state index in [1.165, 1.54) is 5.56 Å². The van der Waals surface area contributed by atoms with Crippen molar-refractivity contribution < 1.29 is 4.74 Å². The van der Waals surface area contributed by atoms with Gasteiger partial charge in [-0.15, -0.1) is 0 Å². The number of likely N-dealkylation sites (N-methyl/N-ethyl adjacent to an activating group) is 1. The molecule has 0 amide bonds. The molecule has 1 saturated heterocycles. The lowest BCUT2D eigenvalue weighted by Gasteiger charge is -2.39. The van der Waals surface area contributed by atoms with Crippen molar-refractivity contribution in [2.45, 2.75) is 25.5 Å². The summed E-state index contributed by atoms with van der Waals surface area (Å²) < 4.78 is 8.18. The van der Waals surface area contributed by atoms with Gasteiger partial charge in [-0.3, -0.25) is 4.90 Å². The highest BCUT2D eigenvalue weighted by molar-refractivity contribution is 9.13. The van der Waals surface area contributed by atoms with Crippen molar-refractivity contribution in [3.63, 3.8) is 0 Å². The minimum Gasteiger partial charge on any atom is -0.374 e. The maximum atomic E-state index is 6.00. The van der Waals surface area contributed by atoms with Gasteiger partial charge in [0.05, 0.1) is 18.8 Å². The fourth-order valence-corrected chi connectivity index (χ4v) is 3.26. The molecule has 1 aliphatic heterocycles. The molecule has 1 N–H and O–H groups in total. The average Bonchev–Trinajstić information content (AvgIpc) is 2.43. The quantitative estimate of drug-likeness (QED) is 0.757. The van der Waals surface area contributed by atoms with Gasteiger partial charge in [0.25, 0.3) is 0 Å². The van der Waals surface area contributed by atoms with Gasteiger partial charge in [0.15, 0.2) is 0 Å². The van der Waals surface area contributed by atoms with Gasteiger partial charge in [0, 0.05) is 22.0 Å². The van der Waals surface area contributed by atoms with Crippen molar-refractivity contribution in [1.82, 2.24) is 10.2 Å². The number of hydrogen-bond acceptors (Lipinski definition) is 3. The molecule has 1 heterocycles. The zero-order chi connectivity index (χ0) is 14.5. The molecule has 20 heavy (non-hydrogen) atoms. The normalized spacial score (nSPS) is 24.0. The van der Waals surface area contributed by atoms with Crippen molar-refractivity contribution in [2.75, 3.05) is 33.3 Å². The molecule has 0 saturated carbocycles. The van der Waals surface area contributed by atoms with Crippen LogP contribution in [0.25, 0.3) is 0 Å². The Morgan fingerprint density at radius 3 is 2.85 bits per heavy atom. The van der Waals surface area contributed by atoms with E-state index in [1.807, 2.05) is 0 Å². The Bertz CT molecular complexity index is 442. The van der Waals surface area contributed by atoms with E-state index in [0.29, 0.717) is 6.04 Å². The van der Waals surface area contributed by atoms with E-state index in [0.717, 1.165) is 41.6 Å². The maximum absolute atomic E-state index is 6.00. The second kappa shape index (κ2) is 7.90. The maximum Gasteiger partial charge on any atom is 0.0896 e. The summed E-state index contributed by atoms with van der Waals surface area (Å²) in [5, 5.41) is 3.48. The van der Waals surface area contributed by atoms with Crippen LogP contribution in [0.5, 0.6) is 0 Å². The first-order chi connectivity index (χ1) is 9.63. The number of halogens is 2. The molecule has 0 spiro atoms. The number of hydrogen-bond donors (Lipinski definition) is 1. The first-order valence-corrected chi connectivity index (χ1v) is 8.69. The van der Waals surface area contributed by atoms with E-state index in [2.05, 4.69) is 74.2 Å². The van der Waals surface area contributed by atoms with Crippen molar-refractivity contribution in [3.8, 4) is 0 Å². The summed E-state index contributed by atoms with van der Waals surface area (Å²) in [5.74, 6) is 0. The van der Waals surface area contributed by atoms with Gasteiger partial charge in [-0.1, -0.05) is 13.0 Å². The molecule has 3 nitrogen and oxygen atoms in total. The molecular formula is C15H22Br2N2O. The summed E-state index contributed by atoms with van der Waals surface area (Å²) >= 11 is 7.13. The van der Waals surface area contributed by atoms with Crippen molar-refractivity contribution >= 4 is 31.9 Å². The number of ether oxygens (including phenoxy) is 1. The van der Waals surface area contributed by atoms with Gasteiger partial charge in [0.1, 0.15) is 0 Å². The topological polar surface area (TPSA) is 24.5 Å². The van der Waals surface area contributed by atoms with Gasteiger partial charge < -0.3 is 10.1 Å². The Hall–Kier alpha value is 0.0600. The summed E-state index contributed by atoms with van der Waals surface area (Å²) in [6.45, 7) is 5.91. The molecule has 1 aromatic rings. The fourth-order valence-electron chi connectivity index (χ4n) is 2.62. The summed E-state index contributed by atoms with van der Waals surface area (Å²) in [5.41, 5.74) is 1.30. The molecule has 2 rings (SSSR count). The third-order valence-electron chi connectivity index (χ3n) is 3.66. The van der Waals surface area contributed by atoms with Crippen LogP contribution in [0.1, 0.15) is 24.9 Å². The molecule has 0 aliphatic carbocycles. The first-order valence-electron chi connectivity index (χ1n) is 7.11. The largest absolute Gasteiger partial charge is 0.374 e. The Kier molecular flexibility index (Phi) is 6.49. The van der Waals surface area contributed by atoms with E-state index in [-0.39, 0.29) is 6.10 Å². The number of morpholine rings is 1. The van der Waals surface area contributed by atoms with Crippen LogP contribution in [0.4, 0.5) is 0 Å². The molecule has 0 aromatic heterocycles. The van der Waals surface area contributed by atoms with Gasteiger partial charge in [0.2, 0.25) is 0 Å². The smallest absolute Gasteiger partial charge is 0.0896 e. The first kappa shape index (κ1) is 16.4. The third-order valence-corrected chi connectivity index (χ3v) is 5.54. The zero-order valence-corrected chi connectivity index (χ0v) is 15.2. The molecule has 0 bridgehead atoms. The van der Waals surface area contributed by atoms with E-state index in [9.17, 15) is 0 Å². The van der Waals surface area contributed by atoms with Gasteiger partial charge in [-0.25, -0.2) is 0 Å². The number of nitrogens with zero attached hydrogens (tertiary/aromatic N) is 1. The molecule has 112 valence electrons. The van der Waals surface area contributed by atoms with Crippen molar-refractivity contribution in [2.24, 2.45) is 0 Å². The minimum absolute atomic E-state index is 0.202. The second-order valence-corrected chi connectivity index (χ2v) is 6.92. The fraction of sp³-hybridized carbons (Fsp3) is 0.600. The summed E-state index contributed by atoms with van der Waals surface area (Å²) in [7, 11) is 2.18. The lowest BCUT2D eigenvalue weighted by atomic mass is 9.98. The van der Waals surface area contributed by atoms with Gasteiger partial charge in [-0.05, 0) is 69.6 Å². The predicted molar refractivity (Wildman–Crippen MR) is 90.1 cm³/mol. The zero-order valence-electron chi connectivity index (χ0n) is 12.0. The molecular weight excluding hydrogens is 384 g/mol. The van der Waals surface area contributed by atoms with E-state index in [1.54, 1.807) is 0 Å². The Balaban J connectivity index is 2.15. The van der Waals surface area contributed by atoms with Crippen molar-refractivity contribution in [3.05, 3.63) is 32.7 Å². The van der Waals surface area contributed by atoms with Crippen LogP contribution < -0.4 is 5.32 Å². The third kappa shape index (κ3) is 4.04. The molecule has 1 aromatic carbocycles. The lowest BCUT2D eigenvalue weighted by molar-refractivity contribution is -0.0612. The Morgan fingerprint density at radius 1 is 1.35 bits per heavy atom. The number of nitrogens with one attached hydrogen (secondary N) is 1. The van der Waals surface area contributed by atoms with Gasteiger partial charge >= 0.3 is 0 Å². The number of benzene rings is 1. The summed E-state index contributed by atoms with van der Waals surface area (Å²) in [6.07, 6.45) is 1.35.